The van der Waals surface area contributed by atoms with E-state index >= 15 is 0 Å². The van der Waals surface area contributed by atoms with Crippen LogP contribution in [0.5, 0.6) is 5.75 Å². The second-order valence-corrected chi connectivity index (χ2v) is 7.01. The normalized spacial score (nSPS) is 18.1. The van der Waals surface area contributed by atoms with Crippen molar-refractivity contribution in [3.05, 3.63) is 102 Å². The first-order chi connectivity index (χ1) is 13.8. The quantitative estimate of drug-likeness (QED) is 0.385. The van der Waals surface area contributed by atoms with Gasteiger partial charge in [0.25, 0.3) is 0 Å². The van der Waals surface area contributed by atoms with E-state index in [9.17, 15) is 0 Å². The van der Waals surface area contributed by atoms with Gasteiger partial charge in [-0.15, -0.1) is 0 Å². The largest absolute Gasteiger partial charge is 0.485 e. The van der Waals surface area contributed by atoms with Crippen LogP contribution in [-0.2, 0) is 0 Å². The molecular weight excluding hydrogens is 366 g/mol. The zero-order valence-electron chi connectivity index (χ0n) is 15.3. The number of benzene rings is 3. The van der Waals surface area contributed by atoms with Crippen LogP contribution in [0, 0.1) is 0 Å². The van der Waals surface area contributed by atoms with Crippen LogP contribution in [0.2, 0.25) is 0 Å². The summed E-state index contributed by atoms with van der Waals surface area (Å²) in [7, 11) is 0. The van der Waals surface area contributed by atoms with Crippen LogP contribution in [0.15, 0.2) is 90.0 Å². The summed E-state index contributed by atoms with van der Waals surface area (Å²) in [6.45, 7) is 0. The molecule has 5 heteroatoms. The van der Waals surface area contributed by atoms with Gasteiger partial charge in [-0.05, 0) is 29.4 Å². The molecule has 0 aliphatic carbocycles. The molecule has 0 saturated carbocycles. The van der Waals surface area contributed by atoms with Crippen LogP contribution in [0.1, 0.15) is 35.3 Å². The fraction of sp³-hybridized carbons (Fsp3) is 0.130. The smallest absolute Gasteiger partial charge is 0.187 e. The van der Waals surface area contributed by atoms with E-state index < -0.39 is 0 Å². The number of ether oxygens (including phenoxy) is 1. The molecule has 0 amide bonds. The summed E-state index contributed by atoms with van der Waals surface area (Å²) in [5.74, 6) is 0.885. The Morgan fingerprint density at radius 1 is 0.929 bits per heavy atom. The van der Waals surface area contributed by atoms with E-state index in [1.165, 1.54) is 0 Å². The number of hydrazone groups is 1. The summed E-state index contributed by atoms with van der Waals surface area (Å²) < 4.78 is 6.24. The maximum atomic E-state index is 6.24. The third-order valence-corrected chi connectivity index (χ3v) is 4.88. The second-order valence-electron chi connectivity index (χ2n) is 6.60. The van der Waals surface area contributed by atoms with Crippen molar-refractivity contribution in [2.75, 3.05) is 0 Å². The van der Waals surface area contributed by atoms with Crippen LogP contribution in [0.25, 0.3) is 0 Å². The zero-order valence-corrected chi connectivity index (χ0v) is 16.1. The van der Waals surface area contributed by atoms with E-state index in [1.54, 1.807) is 6.21 Å². The average molecular weight is 388 g/mol. The fourth-order valence-electron chi connectivity index (χ4n) is 3.32. The van der Waals surface area contributed by atoms with Crippen molar-refractivity contribution < 1.29 is 4.74 Å². The molecule has 0 bridgehead atoms. The highest BCUT2D eigenvalue weighted by Gasteiger charge is 2.29. The number of thiocarbonyl (C=S) groups is 1. The van der Waals surface area contributed by atoms with E-state index in [-0.39, 0.29) is 12.1 Å². The predicted molar refractivity (Wildman–Crippen MR) is 117 cm³/mol. The first-order valence-corrected chi connectivity index (χ1v) is 9.65. The minimum absolute atomic E-state index is 0.0239. The fourth-order valence-corrected chi connectivity index (χ4v) is 3.52. The molecule has 0 radical (unpaired) electrons. The van der Waals surface area contributed by atoms with Crippen molar-refractivity contribution in [3.63, 3.8) is 0 Å². The summed E-state index contributed by atoms with van der Waals surface area (Å²) in [5, 5.41) is 8.10. The van der Waals surface area contributed by atoms with Gasteiger partial charge in [0.05, 0.1) is 12.3 Å². The maximum absolute atomic E-state index is 6.24. The van der Waals surface area contributed by atoms with Crippen molar-refractivity contribution in [2.45, 2.75) is 18.6 Å². The van der Waals surface area contributed by atoms with E-state index in [1.807, 2.05) is 66.7 Å². The highest BCUT2D eigenvalue weighted by atomic mass is 32.1. The highest BCUT2D eigenvalue weighted by Crippen LogP contribution is 2.40. The molecule has 2 atom stereocenters. The molecule has 0 saturated heterocycles. The molecular formula is C23H21N3OS. The van der Waals surface area contributed by atoms with E-state index in [0.717, 1.165) is 28.9 Å². The Morgan fingerprint density at radius 3 is 2.39 bits per heavy atom. The monoisotopic (exact) mass is 387 g/mol. The maximum Gasteiger partial charge on any atom is 0.187 e. The van der Waals surface area contributed by atoms with Gasteiger partial charge in [0.2, 0.25) is 0 Å². The Kier molecular flexibility index (Phi) is 5.64. The topological polar surface area (TPSA) is 45.7 Å². The van der Waals surface area contributed by atoms with Crippen LogP contribution >= 0.6 is 12.2 Å². The molecule has 3 aromatic rings. The molecule has 2 unspecified atom stereocenters. The van der Waals surface area contributed by atoms with Gasteiger partial charge in [-0.1, -0.05) is 78.9 Å². The standard InChI is InChI=1S/C23H21N3OS/c28-23(26-24-16-17-9-3-1-4-10-17)25-20-15-22(18-11-5-2-6-12-18)27-21-14-8-7-13-19(20)21/h1-14,16,20,22H,15H2,(H2,25,26,28)/b24-16+. The van der Waals surface area contributed by atoms with Gasteiger partial charge in [0, 0.05) is 12.0 Å². The highest BCUT2D eigenvalue weighted by molar-refractivity contribution is 7.80. The third-order valence-electron chi connectivity index (χ3n) is 4.67. The molecule has 0 aromatic heterocycles. The van der Waals surface area contributed by atoms with Crippen LogP contribution in [0.4, 0.5) is 0 Å². The lowest BCUT2D eigenvalue weighted by Crippen LogP contribution is -2.38. The molecule has 28 heavy (non-hydrogen) atoms. The van der Waals surface area contributed by atoms with Crippen LogP contribution in [0.3, 0.4) is 0 Å². The molecule has 0 fully saturated rings. The Bertz CT molecular complexity index is 960. The number of para-hydroxylation sites is 1. The van der Waals surface area contributed by atoms with Crippen molar-refractivity contribution >= 4 is 23.5 Å². The number of nitrogens with one attached hydrogen (secondary N) is 2. The number of nitrogens with zero attached hydrogens (tertiary/aromatic N) is 1. The first-order valence-electron chi connectivity index (χ1n) is 9.25. The molecule has 4 rings (SSSR count). The van der Waals surface area contributed by atoms with Crippen molar-refractivity contribution in [1.29, 1.82) is 0 Å². The Labute approximate surface area is 170 Å². The van der Waals surface area contributed by atoms with Gasteiger partial charge >= 0.3 is 0 Å². The molecule has 4 nitrogen and oxygen atoms in total. The lowest BCUT2D eigenvalue weighted by molar-refractivity contribution is 0.157. The summed E-state index contributed by atoms with van der Waals surface area (Å²) in [6.07, 6.45) is 2.51. The number of hydrogen-bond acceptors (Lipinski definition) is 3. The Hall–Kier alpha value is -3.18. The zero-order chi connectivity index (χ0) is 19.2. The summed E-state index contributed by atoms with van der Waals surface area (Å²) in [5.41, 5.74) is 6.19. The summed E-state index contributed by atoms with van der Waals surface area (Å²) in [6, 6.07) is 28.3. The summed E-state index contributed by atoms with van der Waals surface area (Å²) in [4.78, 5) is 0. The molecule has 140 valence electrons. The minimum atomic E-state index is -0.0239. The SMILES string of the molecule is S=C(N/N=C/c1ccccc1)NC1CC(c2ccccc2)Oc2ccccc21. The van der Waals surface area contributed by atoms with E-state index in [2.05, 4.69) is 34.0 Å². The van der Waals surface area contributed by atoms with E-state index in [0.29, 0.717) is 5.11 Å². The van der Waals surface area contributed by atoms with Gasteiger partial charge in [-0.25, -0.2) is 0 Å². The molecule has 0 spiro atoms. The second kappa shape index (κ2) is 8.67. The van der Waals surface area contributed by atoms with Gasteiger partial charge in [0.1, 0.15) is 11.9 Å². The van der Waals surface area contributed by atoms with Crippen molar-refractivity contribution in [1.82, 2.24) is 10.7 Å². The lowest BCUT2D eigenvalue weighted by Gasteiger charge is -2.33. The van der Waals surface area contributed by atoms with Gasteiger partial charge in [-0.2, -0.15) is 5.10 Å². The van der Waals surface area contributed by atoms with Crippen molar-refractivity contribution in [2.24, 2.45) is 5.10 Å². The van der Waals surface area contributed by atoms with E-state index in [4.69, 9.17) is 17.0 Å². The number of rotatable bonds is 4. The molecule has 1 aliphatic rings. The van der Waals surface area contributed by atoms with Crippen LogP contribution < -0.4 is 15.5 Å². The van der Waals surface area contributed by atoms with Gasteiger partial charge in [0.15, 0.2) is 5.11 Å². The third kappa shape index (κ3) is 4.38. The summed E-state index contributed by atoms with van der Waals surface area (Å²) >= 11 is 5.46. The van der Waals surface area contributed by atoms with Crippen LogP contribution in [-0.4, -0.2) is 11.3 Å². The Balaban J connectivity index is 1.46. The number of fused-ring (bicyclic) bond motifs is 1. The van der Waals surface area contributed by atoms with Crippen molar-refractivity contribution in [3.8, 4) is 5.75 Å². The molecule has 3 aromatic carbocycles. The molecule has 1 aliphatic heterocycles. The van der Waals surface area contributed by atoms with Gasteiger partial charge in [-0.3, -0.25) is 5.43 Å². The first kappa shape index (κ1) is 18.2. The molecule has 2 N–H and O–H groups in total. The average Bonchev–Trinajstić information content (AvgIpc) is 2.75. The lowest BCUT2D eigenvalue weighted by atomic mass is 9.93. The number of hydrogen-bond donors (Lipinski definition) is 2. The molecule has 1 heterocycles. The predicted octanol–water partition coefficient (Wildman–Crippen LogP) is 4.75. The minimum Gasteiger partial charge on any atom is -0.485 e. The Morgan fingerprint density at radius 2 is 1.61 bits per heavy atom. The van der Waals surface area contributed by atoms with Gasteiger partial charge < -0.3 is 10.1 Å².